The summed E-state index contributed by atoms with van der Waals surface area (Å²) in [7, 11) is 0. The number of nitrogens with one attached hydrogen (secondary N) is 2. The highest BCUT2D eigenvalue weighted by Gasteiger charge is 2.22. The number of rotatable bonds is 9. The lowest BCUT2D eigenvalue weighted by atomic mass is 10.1. The fraction of sp³-hybridized carbons (Fsp3) is 0.364. The van der Waals surface area contributed by atoms with E-state index < -0.39 is 0 Å². The Morgan fingerprint density at radius 2 is 1.74 bits per heavy atom. The van der Waals surface area contributed by atoms with E-state index in [4.69, 9.17) is 0 Å². The third-order valence-electron chi connectivity index (χ3n) is 4.48. The second kappa shape index (κ2) is 10.5. The van der Waals surface area contributed by atoms with Crippen LogP contribution in [0.25, 0.3) is 0 Å². The van der Waals surface area contributed by atoms with Crippen LogP contribution in [0.2, 0.25) is 0 Å². The highest BCUT2D eigenvalue weighted by Crippen LogP contribution is 2.18. The largest absolute Gasteiger partial charge is 0.351 e. The Balaban J connectivity index is 2.18. The monoisotopic (exact) mass is 368 g/mol. The Morgan fingerprint density at radius 1 is 1.00 bits per heavy atom. The minimum absolute atomic E-state index is 0.0191. The molecule has 0 saturated carbocycles. The smallest absolute Gasteiger partial charge is 0.282 e. The number of anilines is 1. The van der Waals surface area contributed by atoms with Crippen LogP contribution in [0.3, 0.4) is 0 Å². The molecule has 5 heteroatoms. The third kappa shape index (κ3) is 6.53. The topological polar surface area (TPSA) is 53.9 Å². The number of benzene rings is 2. The molecule has 0 aliphatic carbocycles. The number of hydrogen-bond acceptors (Lipinski definition) is 2. The number of amides is 2. The van der Waals surface area contributed by atoms with Crippen molar-refractivity contribution in [1.29, 1.82) is 0 Å². The molecule has 0 fully saturated rings. The SMILES string of the molecule is CCNC(=O)C[NH+](CC)CC(=O)N(Cc1ccccc1)c1cccc(C)c1. The van der Waals surface area contributed by atoms with Gasteiger partial charge < -0.3 is 15.1 Å². The molecule has 2 N–H and O–H groups in total. The molecule has 1 unspecified atom stereocenters. The predicted molar refractivity (Wildman–Crippen MR) is 109 cm³/mol. The molecule has 0 spiro atoms. The Labute approximate surface area is 162 Å². The molecular formula is C22H30N3O2+. The zero-order chi connectivity index (χ0) is 19.6. The molecule has 0 aliphatic heterocycles. The molecule has 0 aliphatic rings. The van der Waals surface area contributed by atoms with Gasteiger partial charge in [0.05, 0.1) is 13.1 Å². The maximum Gasteiger partial charge on any atom is 0.282 e. The standard InChI is InChI=1S/C22H29N3O2/c1-4-23-21(26)16-24(5-2)17-22(27)25(15-19-11-7-6-8-12-19)20-13-9-10-18(3)14-20/h6-14H,4-5,15-17H2,1-3H3,(H,23,26)/p+1. The Bertz CT molecular complexity index is 746. The molecule has 0 heterocycles. The van der Waals surface area contributed by atoms with Gasteiger partial charge in [-0.25, -0.2) is 0 Å². The minimum atomic E-state index is -0.0210. The second-order valence-corrected chi connectivity index (χ2v) is 6.72. The molecule has 27 heavy (non-hydrogen) atoms. The van der Waals surface area contributed by atoms with Crippen molar-refractivity contribution in [2.75, 3.05) is 31.1 Å². The Kier molecular flexibility index (Phi) is 8.01. The van der Waals surface area contributed by atoms with Crippen molar-refractivity contribution < 1.29 is 14.5 Å². The van der Waals surface area contributed by atoms with Crippen LogP contribution in [0.4, 0.5) is 5.69 Å². The Morgan fingerprint density at radius 3 is 2.37 bits per heavy atom. The van der Waals surface area contributed by atoms with Crippen LogP contribution >= 0.6 is 0 Å². The van der Waals surface area contributed by atoms with Gasteiger partial charge in [0.2, 0.25) is 0 Å². The summed E-state index contributed by atoms with van der Waals surface area (Å²) in [5.74, 6) is -0.00193. The third-order valence-corrected chi connectivity index (χ3v) is 4.48. The summed E-state index contributed by atoms with van der Waals surface area (Å²) < 4.78 is 0. The zero-order valence-corrected chi connectivity index (χ0v) is 16.5. The number of nitrogens with zero attached hydrogens (tertiary/aromatic N) is 1. The highest BCUT2D eigenvalue weighted by molar-refractivity contribution is 5.94. The second-order valence-electron chi connectivity index (χ2n) is 6.72. The van der Waals surface area contributed by atoms with E-state index in [9.17, 15) is 9.59 Å². The average Bonchev–Trinajstić information content (AvgIpc) is 2.66. The van der Waals surface area contributed by atoms with E-state index in [-0.39, 0.29) is 18.4 Å². The first-order chi connectivity index (χ1) is 13.0. The van der Waals surface area contributed by atoms with Crippen LogP contribution < -0.4 is 15.1 Å². The lowest BCUT2D eigenvalue weighted by molar-refractivity contribution is -0.881. The number of likely N-dealkylation sites (N-methyl/N-ethyl adjacent to an activating group) is 2. The van der Waals surface area contributed by atoms with E-state index in [1.54, 1.807) is 0 Å². The van der Waals surface area contributed by atoms with Crippen molar-refractivity contribution in [2.45, 2.75) is 27.3 Å². The van der Waals surface area contributed by atoms with Gasteiger partial charge >= 0.3 is 0 Å². The number of carbonyl (C=O) groups excluding carboxylic acids is 2. The van der Waals surface area contributed by atoms with Crippen molar-refractivity contribution in [1.82, 2.24) is 5.32 Å². The van der Waals surface area contributed by atoms with Gasteiger partial charge in [-0.1, -0.05) is 42.5 Å². The van der Waals surface area contributed by atoms with Crippen LogP contribution in [-0.4, -0.2) is 38.0 Å². The van der Waals surface area contributed by atoms with Crippen LogP contribution in [0.1, 0.15) is 25.0 Å². The molecule has 144 valence electrons. The summed E-state index contributed by atoms with van der Waals surface area (Å²) in [5, 5.41) is 2.81. The molecule has 0 aromatic heterocycles. The molecule has 5 nitrogen and oxygen atoms in total. The van der Waals surface area contributed by atoms with Crippen molar-refractivity contribution in [3.63, 3.8) is 0 Å². The van der Waals surface area contributed by atoms with E-state index in [1.165, 1.54) is 0 Å². The van der Waals surface area contributed by atoms with Crippen molar-refractivity contribution in [2.24, 2.45) is 0 Å². The van der Waals surface area contributed by atoms with Gasteiger partial charge in [-0.15, -0.1) is 0 Å². The number of hydrogen-bond donors (Lipinski definition) is 2. The van der Waals surface area contributed by atoms with E-state index in [2.05, 4.69) is 5.32 Å². The maximum absolute atomic E-state index is 13.1. The van der Waals surface area contributed by atoms with E-state index in [1.807, 2.05) is 80.3 Å². The lowest BCUT2D eigenvalue weighted by Crippen LogP contribution is -3.14. The minimum Gasteiger partial charge on any atom is -0.351 e. The van der Waals surface area contributed by atoms with Gasteiger partial charge in [0, 0.05) is 12.2 Å². The fourth-order valence-corrected chi connectivity index (χ4v) is 2.99. The summed E-state index contributed by atoms with van der Waals surface area (Å²) in [5.41, 5.74) is 3.08. The molecule has 2 amide bonds. The van der Waals surface area contributed by atoms with Crippen molar-refractivity contribution >= 4 is 17.5 Å². The number of quaternary nitrogens is 1. The molecule has 0 radical (unpaired) electrons. The summed E-state index contributed by atoms with van der Waals surface area (Å²) in [6, 6.07) is 17.9. The summed E-state index contributed by atoms with van der Waals surface area (Å²) >= 11 is 0. The number of aryl methyl sites for hydroxylation is 1. The van der Waals surface area contributed by atoms with Crippen LogP contribution in [0.5, 0.6) is 0 Å². The average molecular weight is 369 g/mol. The molecular weight excluding hydrogens is 338 g/mol. The summed E-state index contributed by atoms with van der Waals surface area (Å²) in [6.45, 7) is 8.35. The predicted octanol–water partition coefficient (Wildman–Crippen LogP) is 1.57. The van der Waals surface area contributed by atoms with Gasteiger partial charge in [0.1, 0.15) is 0 Å². The molecule has 2 rings (SSSR count). The first kappa shape index (κ1) is 20.6. The molecule has 0 bridgehead atoms. The van der Waals surface area contributed by atoms with Gasteiger partial charge in [-0.3, -0.25) is 9.59 Å². The van der Waals surface area contributed by atoms with E-state index >= 15 is 0 Å². The van der Waals surface area contributed by atoms with Gasteiger partial charge in [-0.2, -0.15) is 0 Å². The van der Waals surface area contributed by atoms with Gasteiger partial charge in [0.15, 0.2) is 13.1 Å². The van der Waals surface area contributed by atoms with Crippen LogP contribution in [0, 0.1) is 6.92 Å². The molecule has 2 aromatic rings. The normalized spacial score (nSPS) is 11.7. The first-order valence-corrected chi connectivity index (χ1v) is 9.54. The van der Waals surface area contributed by atoms with Gasteiger partial charge in [0.25, 0.3) is 11.8 Å². The quantitative estimate of drug-likeness (QED) is 0.706. The van der Waals surface area contributed by atoms with Crippen molar-refractivity contribution in [3.05, 3.63) is 65.7 Å². The van der Waals surface area contributed by atoms with Crippen molar-refractivity contribution in [3.8, 4) is 0 Å². The molecule has 2 aromatic carbocycles. The molecule has 1 atom stereocenters. The summed E-state index contributed by atoms with van der Waals surface area (Å²) in [4.78, 5) is 27.8. The maximum atomic E-state index is 13.1. The zero-order valence-electron chi connectivity index (χ0n) is 16.5. The highest BCUT2D eigenvalue weighted by atomic mass is 16.2. The molecule has 0 saturated heterocycles. The van der Waals surface area contributed by atoms with Crippen LogP contribution in [0.15, 0.2) is 54.6 Å². The van der Waals surface area contributed by atoms with E-state index in [0.29, 0.717) is 19.6 Å². The van der Waals surface area contributed by atoms with E-state index in [0.717, 1.165) is 28.3 Å². The number of carbonyl (C=O) groups is 2. The first-order valence-electron chi connectivity index (χ1n) is 9.54. The fourth-order valence-electron chi connectivity index (χ4n) is 2.99. The van der Waals surface area contributed by atoms with Crippen LogP contribution in [-0.2, 0) is 16.1 Å². The summed E-state index contributed by atoms with van der Waals surface area (Å²) in [6.07, 6.45) is 0. The van der Waals surface area contributed by atoms with Gasteiger partial charge in [-0.05, 0) is 44.0 Å². The Hall–Kier alpha value is -2.66. The lowest BCUT2D eigenvalue weighted by Gasteiger charge is -2.25.